The summed E-state index contributed by atoms with van der Waals surface area (Å²) in [6.45, 7) is 8.02. The molecule has 126 valence electrons. The average molecular weight is 324 g/mol. The van der Waals surface area contributed by atoms with Gasteiger partial charge in [-0.05, 0) is 37.0 Å². The van der Waals surface area contributed by atoms with Gasteiger partial charge in [-0.15, -0.1) is 0 Å². The lowest BCUT2D eigenvalue weighted by atomic mass is 10.0. The van der Waals surface area contributed by atoms with Crippen molar-refractivity contribution in [3.05, 3.63) is 65.2 Å². The van der Waals surface area contributed by atoms with Crippen LogP contribution in [0.5, 0.6) is 5.75 Å². The Morgan fingerprint density at radius 3 is 2.46 bits per heavy atom. The number of carbonyl (C=O) groups excluding carboxylic acids is 1. The van der Waals surface area contributed by atoms with Crippen LogP contribution in [0.25, 0.3) is 0 Å². The second-order valence-corrected chi connectivity index (χ2v) is 6.11. The van der Waals surface area contributed by atoms with Crippen LogP contribution in [0, 0.1) is 19.8 Å². The van der Waals surface area contributed by atoms with Gasteiger partial charge < -0.3 is 4.74 Å². The summed E-state index contributed by atoms with van der Waals surface area (Å²) in [6, 6.07) is 15.7. The number of hydrogen-bond donors (Lipinski definition) is 1. The van der Waals surface area contributed by atoms with Crippen LogP contribution in [-0.2, 0) is 4.79 Å². The number of aryl methyl sites for hydroxylation is 2. The first-order valence-corrected chi connectivity index (χ1v) is 8.09. The van der Waals surface area contributed by atoms with Gasteiger partial charge in [-0.1, -0.05) is 61.9 Å². The maximum Gasteiger partial charge on any atom is 0.277 e. The number of nitrogens with zero attached hydrogens (tertiary/aromatic N) is 1. The molecular weight excluding hydrogens is 300 g/mol. The Morgan fingerprint density at radius 1 is 1.12 bits per heavy atom. The number of amides is 1. The minimum absolute atomic E-state index is 0.0619. The molecule has 2 aromatic rings. The summed E-state index contributed by atoms with van der Waals surface area (Å²) in [4.78, 5) is 12.0. The van der Waals surface area contributed by atoms with E-state index in [0.717, 1.165) is 16.8 Å². The summed E-state index contributed by atoms with van der Waals surface area (Å²) in [5.74, 6) is 0.642. The molecule has 1 amide bonds. The van der Waals surface area contributed by atoms with Crippen LogP contribution in [-0.4, -0.2) is 18.2 Å². The van der Waals surface area contributed by atoms with Gasteiger partial charge in [0.25, 0.3) is 5.91 Å². The van der Waals surface area contributed by atoms with Gasteiger partial charge >= 0.3 is 0 Å². The molecule has 0 bridgehead atoms. The zero-order valence-corrected chi connectivity index (χ0v) is 14.7. The fraction of sp³-hybridized carbons (Fsp3) is 0.300. The topological polar surface area (TPSA) is 50.7 Å². The second-order valence-electron chi connectivity index (χ2n) is 6.11. The molecule has 24 heavy (non-hydrogen) atoms. The number of hydrazone groups is 1. The van der Waals surface area contributed by atoms with E-state index >= 15 is 0 Å². The van der Waals surface area contributed by atoms with Crippen LogP contribution >= 0.6 is 0 Å². The Labute approximate surface area is 143 Å². The molecule has 0 heterocycles. The van der Waals surface area contributed by atoms with Crippen molar-refractivity contribution < 1.29 is 9.53 Å². The Kier molecular flexibility index (Phi) is 6.13. The average Bonchev–Trinajstić information content (AvgIpc) is 2.55. The normalized spacial score (nSPS) is 11.5. The summed E-state index contributed by atoms with van der Waals surface area (Å²) in [6.07, 6.45) is 0. The Hall–Kier alpha value is -2.62. The molecule has 0 radical (unpaired) electrons. The second kappa shape index (κ2) is 8.29. The van der Waals surface area contributed by atoms with Crippen molar-refractivity contribution >= 4 is 11.6 Å². The Morgan fingerprint density at radius 2 is 1.83 bits per heavy atom. The molecule has 0 fully saturated rings. The van der Waals surface area contributed by atoms with Crippen molar-refractivity contribution in [1.82, 2.24) is 5.43 Å². The van der Waals surface area contributed by atoms with E-state index in [2.05, 4.69) is 10.5 Å². The Balaban J connectivity index is 1.98. The van der Waals surface area contributed by atoms with Crippen LogP contribution in [0.2, 0.25) is 0 Å². The van der Waals surface area contributed by atoms with Crippen molar-refractivity contribution in [1.29, 1.82) is 0 Å². The minimum Gasteiger partial charge on any atom is -0.483 e. The predicted octanol–water partition coefficient (Wildman–Crippen LogP) is 3.86. The summed E-state index contributed by atoms with van der Waals surface area (Å²) < 4.78 is 5.57. The number of benzene rings is 2. The Bertz CT molecular complexity index is 722. The van der Waals surface area contributed by atoms with Gasteiger partial charge in [-0.3, -0.25) is 4.79 Å². The molecule has 4 heteroatoms. The lowest BCUT2D eigenvalue weighted by molar-refractivity contribution is -0.123. The van der Waals surface area contributed by atoms with Crippen LogP contribution in [0.1, 0.15) is 30.5 Å². The van der Waals surface area contributed by atoms with Gasteiger partial charge in [0.1, 0.15) is 5.75 Å². The number of carbonyl (C=O) groups is 1. The van der Waals surface area contributed by atoms with E-state index < -0.39 is 0 Å². The third kappa shape index (κ3) is 4.95. The first-order valence-electron chi connectivity index (χ1n) is 8.09. The molecule has 2 rings (SSSR count). The fourth-order valence-corrected chi connectivity index (χ4v) is 2.40. The van der Waals surface area contributed by atoms with Gasteiger partial charge in [0.05, 0.1) is 5.71 Å². The number of hydrogen-bond acceptors (Lipinski definition) is 3. The monoisotopic (exact) mass is 324 g/mol. The summed E-state index contributed by atoms with van der Waals surface area (Å²) in [7, 11) is 0. The third-order valence-corrected chi connectivity index (χ3v) is 3.61. The fourth-order valence-electron chi connectivity index (χ4n) is 2.40. The third-order valence-electron chi connectivity index (χ3n) is 3.61. The molecule has 0 aliphatic rings. The standard InChI is InChI=1S/C20H24N2O2/c1-14(2)20(17-8-6-5-7-9-17)22-21-19(23)13-24-18-11-10-15(3)12-16(18)4/h5-12,14H,13H2,1-4H3,(H,21,23)/b22-20+. The van der Waals surface area contributed by atoms with Gasteiger partial charge in [-0.25, -0.2) is 5.43 Å². The molecule has 0 saturated heterocycles. The van der Waals surface area contributed by atoms with Crippen LogP contribution in [0.15, 0.2) is 53.6 Å². The molecule has 0 aliphatic heterocycles. The molecule has 0 atom stereocenters. The van der Waals surface area contributed by atoms with Crippen molar-refractivity contribution in [2.45, 2.75) is 27.7 Å². The minimum atomic E-state index is -0.274. The number of rotatable bonds is 6. The largest absolute Gasteiger partial charge is 0.483 e. The summed E-state index contributed by atoms with van der Waals surface area (Å²) in [5, 5.41) is 4.28. The zero-order valence-electron chi connectivity index (χ0n) is 14.7. The summed E-state index contributed by atoms with van der Waals surface area (Å²) in [5.41, 5.74) is 6.61. The zero-order chi connectivity index (χ0) is 17.5. The van der Waals surface area contributed by atoms with Crippen LogP contribution in [0.3, 0.4) is 0 Å². The number of nitrogens with one attached hydrogen (secondary N) is 1. The molecule has 0 spiro atoms. The van der Waals surface area contributed by atoms with Crippen LogP contribution in [0.4, 0.5) is 0 Å². The molecule has 0 unspecified atom stereocenters. The van der Waals surface area contributed by atoms with E-state index in [1.54, 1.807) is 0 Å². The van der Waals surface area contributed by atoms with Gasteiger partial charge in [0.2, 0.25) is 0 Å². The molecule has 1 N–H and O–H groups in total. The molecule has 4 nitrogen and oxygen atoms in total. The van der Waals surface area contributed by atoms with E-state index in [0.29, 0.717) is 5.75 Å². The SMILES string of the molecule is Cc1ccc(OCC(=O)N/N=C(/c2ccccc2)C(C)C)c(C)c1. The highest BCUT2D eigenvalue weighted by atomic mass is 16.5. The highest BCUT2D eigenvalue weighted by Gasteiger charge is 2.10. The maximum atomic E-state index is 12.0. The highest BCUT2D eigenvalue weighted by Crippen LogP contribution is 2.18. The maximum absolute atomic E-state index is 12.0. The lowest BCUT2D eigenvalue weighted by Gasteiger charge is -2.12. The lowest BCUT2D eigenvalue weighted by Crippen LogP contribution is -2.27. The van der Waals surface area contributed by atoms with Crippen molar-refractivity contribution in [2.75, 3.05) is 6.61 Å². The van der Waals surface area contributed by atoms with Gasteiger partial charge in [0, 0.05) is 0 Å². The summed E-state index contributed by atoms with van der Waals surface area (Å²) >= 11 is 0. The van der Waals surface area contributed by atoms with E-state index in [4.69, 9.17) is 4.74 Å². The van der Waals surface area contributed by atoms with Crippen molar-refractivity contribution in [3.8, 4) is 5.75 Å². The first-order chi connectivity index (χ1) is 11.5. The van der Waals surface area contributed by atoms with E-state index in [1.807, 2.05) is 76.2 Å². The molecule has 0 aliphatic carbocycles. The van der Waals surface area contributed by atoms with Gasteiger partial charge in [-0.2, -0.15) is 5.10 Å². The molecular formula is C20H24N2O2. The van der Waals surface area contributed by atoms with E-state index in [-0.39, 0.29) is 18.4 Å². The van der Waals surface area contributed by atoms with E-state index in [1.165, 1.54) is 5.56 Å². The van der Waals surface area contributed by atoms with Crippen molar-refractivity contribution in [3.63, 3.8) is 0 Å². The molecule has 2 aromatic carbocycles. The van der Waals surface area contributed by atoms with E-state index in [9.17, 15) is 4.79 Å². The molecule has 0 saturated carbocycles. The molecule has 0 aromatic heterocycles. The first kappa shape index (κ1) is 17.7. The van der Waals surface area contributed by atoms with Crippen LogP contribution < -0.4 is 10.2 Å². The smallest absolute Gasteiger partial charge is 0.277 e. The number of ether oxygens (including phenoxy) is 1. The predicted molar refractivity (Wildman–Crippen MR) is 97.4 cm³/mol. The quantitative estimate of drug-likeness (QED) is 0.648. The van der Waals surface area contributed by atoms with Crippen molar-refractivity contribution in [2.24, 2.45) is 11.0 Å². The van der Waals surface area contributed by atoms with Gasteiger partial charge in [0.15, 0.2) is 6.61 Å². The highest BCUT2D eigenvalue weighted by molar-refractivity contribution is 6.02.